The molecule has 1 aromatic heterocycles. The lowest BCUT2D eigenvalue weighted by Crippen LogP contribution is -2.16. The average molecular weight is 291 g/mol. The molecule has 0 aliphatic rings. The molecule has 20 heavy (non-hydrogen) atoms. The Hall–Kier alpha value is -2.40. The van der Waals surface area contributed by atoms with Crippen molar-refractivity contribution in [3.8, 4) is 0 Å². The highest BCUT2D eigenvalue weighted by molar-refractivity contribution is 6.31. The zero-order chi connectivity index (χ0) is 14.5. The zero-order valence-corrected chi connectivity index (χ0v) is 11.3. The molecule has 1 amide bonds. The molecule has 5 nitrogen and oxygen atoms in total. The number of nitrogens with one attached hydrogen (secondary N) is 1. The Morgan fingerprint density at radius 2 is 2.05 bits per heavy atom. The molecule has 2 rings (SSSR count). The molecular formula is C14H11ClN2O3. The number of carbonyl (C=O) groups excluding carboxylic acids is 2. The van der Waals surface area contributed by atoms with Crippen LogP contribution >= 0.6 is 11.6 Å². The van der Waals surface area contributed by atoms with Crippen molar-refractivity contribution < 1.29 is 14.3 Å². The zero-order valence-electron chi connectivity index (χ0n) is 10.6. The molecule has 0 unspecified atom stereocenters. The number of ether oxygens (including phenoxy) is 1. The predicted octanol–water partition coefficient (Wildman–Crippen LogP) is 2.77. The van der Waals surface area contributed by atoms with Gasteiger partial charge in [0, 0.05) is 16.8 Å². The fourth-order valence-electron chi connectivity index (χ4n) is 1.59. The summed E-state index contributed by atoms with van der Waals surface area (Å²) in [4.78, 5) is 27.6. The van der Waals surface area contributed by atoms with Crippen LogP contribution in [0.4, 0.5) is 5.82 Å². The van der Waals surface area contributed by atoms with Crippen molar-refractivity contribution in [3.63, 3.8) is 0 Å². The first-order valence-corrected chi connectivity index (χ1v) is 6.10. The number of rotatable bonds is 3. The maximum absolute atomic E-state index is 12.1. The summed E-state index contributed by atoms with van der Waals surface area (Å²) in [7, 11) is 1.26. The quantitative estimate of drug-likeness (QED) is 0.883. The van der Waals surface area contributed by atoms with Crippen LogP contribution in [0, 0.1) is 0 Å². The standard InChI is InChI=1S/C14H11ClN2O3/c1-20-14(19)11-6-3-7-16-12(11)17-13(18)9-4-2-5-10(15)8-9/h2-8H,1H3,(H,16,17,18). The Morgan fingerprint density at radius 1 is 1.25 bits per heavy atom. The third-order valence-electron chi connectivity index (χ3n) is 2.53. The minimum Gasteiger partial charge on any atom is -0.465 e. The first-order chi connectivity index (χ1) is 9.61. The number of anilines is 1. The number of aromatic nitrogens is 1. The molecule has 0 saturated heterocycles. The van der Waals surface area contributed by atoms with Crippen molar-refractivity contribution in [2.24, 2.45) is 0 Å². The average Bonchev–Trinajstić information content (AvgIpc) is 2.47. The second kappa shape index (κ2) is 6.16. The molecule has 0 spiro atoms. The Labute approximate surface area is 120 Å². The van der Waals surface area contributed by atoms with Gasteiger partial charge in [-0.25, -0.2) is 9.78 Å². The summed E-state index contributed by atoms with van der Waals surface area (Å²) in [5.74, 6) is -0.833. The lowest BCUT2D eigenvalue weighted by Gasteiger charge is -2.08. The van der Waals surface area contributed by atoms with Crippen LogP contribution in [-0.4, -0.2) is 24.0 Å². The van der Waals surface area contributed by atoms with E-state index in [1.54, 1.807) is 24.3 Å². The number of amides is 1. The number of carbonyl (C=O) groups is 2. The van der Waals surface area contributed by atoms with Crippen LogP contribution in [0.3, 0.4) is 0 Å². The van der Waals surface area contributed by atoms with E-state index in [9.17, 15) is 9.59 Å². The van der Waals surface area contributed by atoms with E-state index in [1.807, 2.05) is 0 Å². The van der Waals surface area contributed by atoms with Gasteiger partial charge in [0.1, 0.15) is 11.4 Å². The molecule has 0 bridgehead atoms. The first kappa shape index (κ1) is 14.0. The van der Waals surface area contributed by atoms with Gasteiger partial charge >= 0.3 is 5.97 Å². The van der Waals surface area contributed by atoms with Crippen LogP contribution < -0.4 is 5.32 Å². The molecule has 0 aliphatic heterocycles. The third-order valence-corrected chi connectivity index (χ3v) is 2.77. The van der Waals surface area contributed by atoms with Gasteiger partial charge in [0.2, 0.25) is 0 Å². The van der Waals surface area contributed by atoms with Gasteiger partial charge in [0.25, 0.3) is 5.91 Å². The number of nitrogens with zero attached hydrogens (tertiary/aromatic N) is 1. The van der Waals surface area contributed by atoms with Crippen LogP contribution in [0.2, 0.25) is 5.02 Å². The summed E-state index contributed by atoms with van der Waals surface area (Å²) in [6, 6.07) is 9.57. The van der Waals surface area contributed by atoms with Crippen molar-refractivity contribution in [2.45, 2.75) is 0 Å². The van der Waals surface area contributed by atoms with Crippen LogP contribution in [0.1, 0.15) is 20.7 Å². The lowest BCUT2D eigenvalue weighted by molar-refractivity contribution is 0.0601. The number of halogens is 1. The molecule has 1 heterocycles. The van der Waals surface area contributed by atoms with Gasteiger partial charge in [-0.2, -0.15) is 0 Å². The van der Waals surface area contributed by atoms with Crippen molar-refractivity contribution in [3.05, 3.63) is 58.7 Å². The summed E-state index contributed by atoms with van der Waals surface area (Å²) in [6.45, 7) is 0. The lowest BCUT2D eigenvalue weighted by atomic mass is 10.2. The molecule has 102 valence electrons. The Morgan fingerprint density at radius 3 is 2.75 bits per heavy atom. The number of pyridine rings is 1. The molecule has 0 aliphatic carbocycles. The highest BCUT2D eigenvalue weighted by Gasteiger charge is 2.15. The van der Waals surface area contributed by atoms with Crippen molar-refractivity contribution in [2.75, 3.05) is 12.4 Å². The molecule has 0 radical (unpaired) electrons. The third kappa shape index (κ3) is 3.13. The van der Waals surface area contributed by atoms with Crippen LogP contribution in [0.25, 0.3) is 0 Å². The van der Waals surface area contributed by atoms with E-state index in [1.165, 1.54) is 25.4 Å². The Balaban J connectivity index is 2.26. The van der Waals surface area contributed by atoms with Gasteiger partial charge < -0.3 is 10.1 Å². The molecule has 1 N–H and O–H groups in total. The summed E-state index contributed by atoms with van der Waals surface area (Å²) < 4.78 is 4.63. The maximum Gasteiger partial charge on any atom is 0.341 e. The topological polar surface area (TPSA) is 68.3 Å². The number of benzene rings is 1. The van der Waals surface area contributed by atoms with E-state index in [-0.39, 0.29) is 11.4 Å². The van der Waals surface area contributed by atoms with Crippen LogP contribution in [0.15, 0.2) is 42.6 Å². The minimum atomic E-state index is -0.570. The van der Waals surface area contributed by atoms with E-state index in [4.69, 9.17) is 11.6 Å². The molecule has 2 aromatic rings. The highest BCUT2D eigenvalue weighted by Crippen LogP contribution is 2.16. The molecule has 1 aromatic carbocycles. The molecule has 0 saturated carbocycles. The summed E-state index contributed by atoms with van der Waals surface area (Å²) in [6.07, 6.45) is 1.47. The summed E-state index contributed by atoms with van der Waals surface area (Å²) >= 11 is 5.83. The van der Waals surface area contributed by atoms with Gasteiger partial charge in [-0.15, -0.1) is 0 Å². The fraction of sp³-hybridized carbons (Fsp3) is 0.0714. The molecular weight excluding hydrogens is 280 g/mol. The van der Waals surface area contributed by atoms with Crippen molar-refractivity contribution in [1.29, 1.82) is 0 Å². The van der Waals surface area contributed by atoms with Gasteiger partial charge in [-0.05, 0) is 30.3 Å². The van der Waals surface area contributed by atoms with Gasteiger partial charge in [-0.1, -0.05) is 17.7 Å². The fourth-order valence-corrected chi connectivity index (χ4v) is 1.78. The van der Waals surface area contributed by atoms with Crippen molar-refractivity contribution in [1.82, 2.24) is 4.98 Å². The van der Waals surface area contributed by atoms with Crippen LogP contribution in [0.5, 0.6) is 0 Å². The minimum absolute atomic E-state index is 0.143. The Bertz CT molecular complexity index is 658. The second-order valence-electron chi connectivity index (χ2n) is 3.86. The number of hydrogen-bond acceptors (Lipinski definition) is 4. The second-order valence-corrected chi connectivity index (χ2v) is 4.29. The number of esters is 1. The van der Waals surface area contributed by atoms with E-state index in [2.05, 4.69) is 15.0 Å². The Kier molecular flexibility index (Phi) is 4.32. The van der Waals surface area contributed by atoms with E-state index < -0.39 is 11.9 Å². The predicted molar refractivity (Wildman–Crippen MR) is 75.0 cm³/mol. The van der Waals surface area contributed by atoms with Crippen molar-refractivity contribution >= 4 is 29.3 Å². The van der Waals surface area contributed by atoms with Crippen LogP contribution in [-0.2, 0) is 4.74 Å². The van der Waals surface area contributed by atoms with E-state index >= 15 is 0 Å². The van der Waals surface area contributed by atoms with Gasteiger partial charge in [-0.3, -0.25) is 4.79 Å². The van der Waals surface area contributed by atoms with E-state index in [0.717, 1.165) is 0 Å². The summed E-state index contributed by atoms with van der Waals surface area (Å²) in [5.41, 5.74) is 0.560. The highest BCUT2D eigenvalue weighted by atomic mass is 35.5. The van der Waals surface area contributed by atoms with Gasteiger partial charge in [0.15, 0.2) is 0 Å². The van der Waals surface area contributed by atoms with E-state index in [0.29, 0.717) is 10.6 Å². The smallest absolute Gasteiger partial charge is 0.341 e. The normalized spacial score (nSPS) is 9.90. The first-order valence-electron chi connectivity index (χ1n) is 5.72. The number of methoxy groups -OCH3 is 1. The summed E-state index contributed by atoms with van der Waals surface area (Å²) in [5, 5.41) is 3.01. The maximum atomic E-state index is 12.1. The number of hydrogen-bond donors (Lipinski definition) is 1. The largest absolute Gasteiger partial charge is 0.465 e. The SMILES string of the molecule is COC(=O)c1cccnc1NC(=O)c1cccc(Cl)c1. The molecule has 6 heteroatoms. The molecule has 0 atom stereocenters. The van der Waals surface area contributed by atoms with Gasteiger partial charge in [0.05, 0.1) is 7.11 Å². The monoisotopic (exact) mass is 290 g/mol. The molecule has 0 fully saturated rings.